The maximum atomic E-state index is 13.2. The first-order valence-electron chi connectivity index (χ1n) is 13.7. The van der Waals surface area contributed by atoms with E-state index in [4.69, 9.17) is 4.98 Å². The van der Waals surface area contributed by atoms with Gasteiger partial charge in [0.2, 0.25) is 11.9 Å². The second-order valence-electron chi connectivity index (χ2n) is 12.3. The van der Waals surface area contributed by atoms with E-state index in [0.29, 0.717) is 35.1 Å². The fraction of sp³-hybridized carbons (Fsp3) is 0.778. The molecule has 1 amide bonds. The summed E-state index contributed by atoms with van der Waals surface area (Å²) < 4.78 is 1.67. The van der Waals surface area contributed by atoms with Gasteiger partial charge >= 0.3 is 0 Å². The van der Waals surface area contributed by atoms with Gasteiger partial charge in [-0.1, -0.05) is 40.0 Å². The zero-order valence-electron chi connectivity index (χ0n) is 22.0. The summed E-state index contributed by atoms with van der Waals surface area (Å²) in [5.41, 5.74) is 1.81. The van der Waals surface area contributed by atoms with Crippen molar-refractivity contribution in [1.29, 1.82) is 0 Å². The molecule has 35 heavy (non-hydrogen) atoms. The van der Waals surface area contributed by atoms with E-state index in [1.165, 1.54) is 32.1 Å². The van der Waals surface area contributed by atoms with Gasteiger partial charge in [0.25, 0.3) is 5.56 Å². The summed E-state index contributed by atoms with van der Waals surface area (Å²) in [6.45, 7) is 9.88. The number of aryl methyl sites for hydroxylation is 1. The van der Waals surface area contributed by atoms with Gasteiger partial charge in [-0.2, -0.15) is 5.10 Å². The fourth-order valence-corrected chi connectivity index (χ4v) is 5.99. The normalized spacial score (nSPS) is 20.5. The van der Waals surface area contributed by atoms with Gasteiger partial charge in [-0.25, -0.2) is 4.98 Å². The van der Waals surface area contributed by atoms with Gasteiger partial charge in [-0.05, 0) is 50.4 Å². The summed E-state index contributed by atoms with van der Waals surface area (Å²) in [6.07, 6.45) is 10.6. The highest BCUT2D eigenvalue weighted by molar-refractivity contribution is 5.81. The SMILES string of the molecule is Cn1nc(C(C)(C)C)c2nc(N(CC3CCCCC3)CC3CCN(C(=O)C4CC4)CC3)[nH]c(=O)c21. The smallest absolute Gasteiger partial charge is 0.278 e. The Morgan fingerprint density at radius 1 is 1.00 bits per heavy atom. The summed E-state index contributed by atoms with van der Waals surface area (Å²) in [6, 6.07) is 0. The zero-order chi connectivity index (χ0) is 24.7. The lowest BCUT2D eigenvalue weighted by Gasteiger charge is -2.37. The van der Waals surface area contributed by atoms with Crippen LogP contribution in [0.1, 0.15) is 84.3 Å². The second kappa shape index (κ2) is 9.58. The Hall–Kier alpha value is -2.38. The van der Waals surface area contributed by atoms with Crippen molar-refractivity contribution in [3.8, 4) is 0 Å². The van der Waals surface area contributed by atoms with E-state index in [2.05, 4.69) is 40.7 Å². The molecule has 3 fully saturated rings. The quantitative estimate of drug-likeness (QED) is 0.673. The standard InChI is InChI=1S/C27H42N6O2/c1-27(2,3)23-21-22(31(4)30-23)24(34)29-26(28-21)33(16-18-8-6-5-7-9-18)17-19-12-14-32(15-13-19)25(35)20-10-11-20/h18-20H,5-17H2,1-4H3,(H,28,29,34). The molecule has 0 radical (unpaired) electrons. The van der Waals surface area contributed by atoms with Gasteiger partial charge in [0.1, 0.15) is 5.52 Å². The first-order chi connectivity index (χ1) is 16.7. The molecule has 2 aromatic rings. The number of nitrogens with zero attached hydrogens (tertiary/aromatic N) is 5. The number of carbonyl (C=O) groups is 1. The number of aromatic amines is 1. The van der Waals surface area contributed by atoms with Crippen LogP contribution in [-0.2, 0) is 17.3 Å². The van der Waals surface area contributed by atoms with Crippen molar-refractivity contribution in [2.45, 2.75) is 84.0 Å². The summed E-state index contributed by atoms with van der Waals surface area (Å²) in [7, 11) is 1.82. The molecular weight excluding hydrogens is 440 g/mol. The number of anilines is 1. The summed E-state index contributed by atoms with van der Waals surface area (Å²) in [5.74, 6) is 2.48. The van der Waals surface area contributed by atoms with Crippen LogP contribution in [0.3, 0.4) is 0 Å². The summed E-state index contributed by atoms with van der Waals surface area (Å²) in [5, 5.41) is 4.68. The molecule has 2 aliphatic carbocycles. The van der Waals surface area contributed by atoms with Gasteiger partial charge in [0.15, 0.2) is 5.52 Å². The Labute approximate surface area is 208 Å². The van der Waals surface area contributed by atoms with E-state index in [-0.39, 0.29) is 11.0 Å². The number of carbonyl (C=O) groups excluding carboxylic acids is 1. The molecule has 1 aliphatic heterocycles. The van der Waals surface area contributed by atoms with Crippen LogP contribution in [-0.4, -0.2) is 56.7 Å². The molecule has 0 aromatic carbocycles. The molecule has 0 atom stereocenters. The molecular formula is C27H42N6O2. The van der Waals surface area contributed by atoms with Crippen molar-refractivity contribution >= 4 is 22.9 Å². The van der Waals surface area contributed by atoms with Crippen molar-refractivity contribution in [2.24, 2.45) is 24.8 Å². The average molecular weight is 483 g/mol. The molecule has 2 saturated carbocycles. The molecule has 8 heteroatoms. The van der Waals surface area contributed by atoms with Crippen LogP contribution in [0, 0.1) is 17.8 Å². The van der Waals surface area contributed by atoms with Crippen molar-refractivity contribution in [1.82, 2.24) is 24.6 Å². The molecule has 0 unspecified atom stereocenters. The number of fused-ring (bicyclic) bond motifs is 1. The first kappa shape index (κ1) is 24.3. The number of H-pyrrole nitrogens is 1. The average Bonchev–Trinajstić information content (AvgIpc) is 3.61. The Kier molecular flexibility index (Phi) is 6.66. The molecule has 2 aromatic heterocycles. The molecule has 8 nitrogen and oxygen atoms in total. The topological polar surface area (TPSA) is 87.1 Å². The third-order valence-corrected chi connectivity index (χ3v) is 8.22. The number of hydrogen-bond donors (Lipinski definition) is 1. The second-order valence-corrected chi connectivity index (χ2v) is 12.3. The van der Waals surface area contributed by atoms with Crippen molar-refractivity contribution in [3.05, 3.63) is 16.0 Å². The Morgan fingerprint density at radius 3 is 2.23 bits per heavy atom. The number of piperidine rings is 1. The molecule has 0 spiro atoms. The number of nitrogens with one attached hydrogen (secondary N) is 1. The number of amides is 1. The molecule has 3 heterocycles. The van der Waals surface area contributed by atoms with Gasteiger partial charge in [0, 0.05) is 44.6 Å². The predicted octanol–water partition coefficient (Wildman–Crippen LogP) is 3.99. The number of hydrogen-bond acceptors (Lipinski definition) is 5. The molecule has 192 valence electrons. The van der Waals surface area contributed by atoms with Gasteiger partial charge in [-0.15, -0.1) is 0 Å². The van der Waals surface area contributed by atoms with E-state index in [9.17, 15) is 9.59 Å². The number of rotatable bonds is 6. The number of likely N-dealkylation sites (tertiary alicyclic amines) is 1. The van der Waals surface area contributed by atoms with Crippen LogP contribution < -0.4 is 10.5 Å². The van der Waals surface area contributed by atoms with E-state index < -0.39 is 0 Å². The van der Waals surface area contributed by atoms with Gasteiger partial charge in [0.05, 0.1) is 5.69 Å². The Bertz CT molecular complexity index is 1110. The third kappa shape index (κ3) is 5.26. The lowest BCUT2D eigenvalue weighted by atomic mass is 9.88. The molecule has 0 bridgehead atoms. The molecule has 1 N–H and O–H groups in total. The molecule has 3 aliphatic rings. The van der Waals surface area contributed by atoms with Crippen molar-refractivity contribution in [2.75, 3.05) is 31.1 Å². The van der Waals surface area contributed by atoms with Crippen LogP contribution in [0.15, 0.2) is 4.79 Å². The lowest BCUT2D eigenvalue weighted by Crippen LogP contribution is -2.43. The maximum Gasteiger partial charge on any atom is 0.278 e. The summed E-state index contributed by atoms with van der Waals surface area (Å²) in [4.78, 5) is 38.3. The first-order valence-corrected chi connectivity index (χ1v) is 13.7. The minimum Gasteiger partial charge on any atom is -0.342 e. The molecule has 5 rings (SSSR count). The largest absolute Gasteiger partial charge is 0.342 e. The summed E-state index contributed by atoms with van der Waals surface area (Å²) >= 11 is 0. The van der Waals surface area contributed by atoms with E-state index >= 15 is 0 Å². The van der Waals surface area contributed by atoms with E-state index in [1.54, 1.807) is 4.68 Å². The van der Waals surface area contributed by atoms with Gasteiger partial charge in [-0.3, -0.25) is 19.3 Å². The van der Waals surface area contributed by atoms with Crippen LogP contribution in [0.2, 0.25) is 0 Å². The third-order valence-electron chi connectivity index (χ3n) is 8.22. The monoisotopic (exact) mass is 482 g/mol. The fourth-order valence-electron chi connectivity index (χ4n) is 5.99. The minimum absolute atomic E-state index is 0.117. The van der Waals surface area contributed by atoms with Crippen LogP contribution in [0.5, 0.6) is 0 Å². The van der Waals surface area contributed by atoms with E-state index in [1.807, 2.05) is 7.05 Å². The Morgan fingerprint density at radius 2 is 1.63 bits per heavy atom. The number of aromatic nitrogens is 4. The van der Waals surface area contributed by atoms with Crippen molar-refractivity contribution in [3.63, 3.8) is 0 Å². The molecule has 1 saturated heterocycles. The minimum atomic E-state index is -0.202. The highest BCUT2D eigenvalue weighted by Gasteiger charge is 2.35. The Balaban J connectivity index is 1.40. The van der Waals surface area contributed by atoms with Crippen molar-refractivity contribution < 1.29 is 4.79 Å². The predicted molar refractivity (Wildman–Crippen MR) is 139 cm³/mol. The highest BCUT2D eigenvalue weighted by Crippen LogP contribution is 2.33. The van der Waals surface area contributed by atoms with Crippen LogP contribution in [0.4, 0.5) is 5.95 Å². The van der Waals surface area contributed by atoms with Gasteiger partial charge < -0.3 is 9.80 Å². The zero-order valence-corrected chi connectivity index (χ0v) is 22.0. The maximum absolute atomic E-state index is 13.2. The lowest BCUT2D eigenvalue weighted by molar-refractivity contribution is -0.133. The van der Waals surface area contributed by atoms with Crippen LogP contribution in [0.25, 0.3) is 11.0 Å². The highest BCUT2D eigenvalue weighted by atomic mass is 16.2. The van der Waals surface area contributed by atoms with E-state index in [0.717, 1.165) is 63.1 Å². The van der Waals surface area contributed by atoms with Crippen LogP contribution >= 0.6 is 0 Å².